The normalized spacial score (nSPS) is 15.6. The molecule has 3 rings (SSSR count). The lowest BCUT2D eigenvalue weighted by Gasteiger charge is -2.27. The Morgan fingerprint density at radius 3 is 2.48 bits per heavy atom. The van der Waals surface area contributed by atoms with E-state index in [1.54, 1.807) is 55.6 Å². The first-order valence-electron chi connectivity index (χ1n) is 8.11. The van der Waals surface area contributed by atoms with Crippen LogP contribution in [0.1, 0.15) is 5.56 Å². The first kappa shape index (κ1) is 18.7. The highest BCUT2D eigenvalue weighted by Gasteiger charge is 2.31. The second kappa shape index (κ2) is 7.24. The Hall–Kier alpha value is -3.13. The van der Waals surface area contributed by atoms with Gasteiger partial charge in [-0.3, -0.25) is 4.79 Å². The van der Waals surface area contributed by atoms with Crippen LogP contribution in [0.5, 0.6) is 5.75 Å². The fraction of sp³-hybridized carbons (Fsp3) is 0.158. The maximum absolute atomic E-state index is 13.0. The number of allylic oxidation sites excluding steroid dienone is 1. The van der Waals surface area contributed by atoms with Gasteiger partial charge >= 0.3 is 10.2 Å². The molecule has 0 bridgehead atoms. The summed E-state index contributed by atoms with van der Waals surface area (Å²) >= 11 is 0. The molecule has 0 aliphatic carbocycles. The number of nitrogens with zero attached hydrogens (tertiary/aromatic N) is 3. The van der Waals surface area contributed by atoms with Gasteiger partial charge in [-0.05, 0) is 30.3 Å². The van der Waals surface area contributed by atoms with Crippen LogP contribution in [-0.4, -0.2) is 45.5 Å². The van der Waals surface area contributed by atoms with Crippen molar-refractivity contribution in [1.29, 1.82) is 0 Å². The summed E-state index contributed by atoms with van der Waals surface area (Å²) < 4.78 is 34.9. The van der Waals surface area contributed by atoms with E-state index in [9.17, 15) is 13.2 Å². The molecule has 0 aromatic heterocycles. The summed E-state index contributed by atoms with van der Waals surface area (Å²) in [6.07, 6.45) is 1.47. The number of rotatable bonds is 4. The number of carbonyl (C=O) groups excluding carboxylic acids is 1. The molecular weight excluding hydrogens is 366 g/mol. The number of benzene rings is 2. The molecule has 0 N–H and O–H groups in total. The summed E-state index contributed by atoms with van der Waals surface area (Å²) in [5.74, 6) is 0.108. The maximum Gasteiger partial charge on any atom is 0.345 e. The van der Waals surface area contributed by atoms with E-state index < -0.39 is 16.1 Å². The molecule has 2 aromatic rings. The molecular formula is C19H19N3O4S. The van der Waals surface area contributed by atoms with E-state index in [0.717, 1.165) is 4.31 Å². The molecule has 0 spiro atoms. The Kier molecular flexibility index (Phi) is 5.00. The van der Waals surface area contributed by atoms with Crippen LogP contribution in [-0.2, 0) is 15.0 Å². The second-order valence-electron chi connectivity index (χ2n) is 5.88. The second-order valence-corrected chi connectivity index (χ2v) is 7.51. The highest BCUT2D eigenvalue weighted by molar-refractivity contribution is 7.88. The quantitative estimate of drug-likeness (QED) is 0.808. The summed E-state index contributed by atoms with van der Waals surface area (Å²) in [4.78, 5) is 14.4. The smallest absolute Gasteiger partial charge is 0.345 e. The molecule has 1 aliphatic rings. The third kappa shape index (κ3) is 3.70. The van der Waals surface area contributed by atoms with Gasteiger partial charge in [0.25, 0.3) is 5.91 Å². The molecule has 8 heteroatoms. The van der Waals surface area contributed by atoms with Gasteiger partial charge in [-0.2, -0.15) is 8.42 Å². The lowest BCUT2D eigenvalue weighted by molar-refractivity contribution is -0.115. The Labute approximate surface area is 158 Å². The molecule has 1 amide bonds. The van der Waals surface area contributed by atoms with Crippen LogP contribution >= 0.6 is 0 Å². The molecule has 0 atom stereocenters. The number of likely N-dealkylation sites (N-methyl/N-ethyl adjacent to an activating group) is 2. The standard InChI is InChI=1S/C19H19N3O4S/c1-21(15-9-5-4-6-10-15)19(23)18-13-17(20-27(24,25)22(18)2)14-8-7-11-16(12-14)26-3/h4-13H,1-3H3. The highest BCUT2D eigenvalue weighted by atomic mass is 32.2. The summed E-state index contributed by atoms with van der Waals surface area (Å²) in [5, 5.41) is 0. The van der Waals surface area contributed by atoms with Crippen molar-refractivity contribution in [2.45, 2.75) is 0 Å². The molecule has 1 aliphatic heterocycles. The van der Waals surface area contributed by atoms with Crippen LogP contribution in [0.2, 0.25) is 0 Å². The minimum absolute atomic E-state index is 0.00849. The predicted molar refractivity (Wildman–Crippen MR) is 104 cm³/mol. The summed E-state index contributed by atoms with van der Waals surface area (Å²) in [7, 11) is 0.399. The van der Waals surface area contributed by atoms with E-state index in [1.807, 2.05) is 6.07 Å². The van der Waals surface area contributed by atoms with Crippen molar-refractivity contribution in [1.82, 2.24) is 4.31 Å². The van der Waals surface area contributed by atoms with Crippen molar-refractivity contribution in [3.63, 3.8) is 0 Å². The zero-order valence-electron chi connectivity index (χ0n) is 15.2. The van der Waals surface area contributed by atoms with Gasteiger partial charge in [-0.15, -0.1) is 4.40 Å². The van der Waals surface area contributed by atoms with Crippen molar-refractivity contribution in [2.24, 2.45) is 4.40 Å². The SMILES string of the molecule is COc1cccc(C2=NS(=O)(=O)N(C)C(C(=O)N(C)c3ccccc3)=C2)c1. The van der Waals surface area contributed by atoms with Crippen molar-refractivity contribution in [3.05, 3.63) is 71.9 Å². The molecule has 0 saturated carbocycles. The van der Waals surface area contributed by atoms with E-state index >= 15 is 0 Å². The summed E-state index contributed by atoms with van der Waals surface area (Å²) in [5.41, 5.74) is 1.38. The molecule has 1 heterocycles. The Balaban J connectivity index is 2.04. The van der Waals surface area contributed by atoms with E-state index in [-0.39, 0.29) is 11.4 Å². The number of hydrogen-bond acceptors (Lipinski definition) is 4. The fourth-order valence-corrected chi connectivity index (χ4v) is 3.52. The molecule has 0 unspecified atom stereocenters. The Morgan fingerprint density at radius 2 is 1.81 bits per heavy atom. The number of carbonyl (C=O) groups is 1. The third-order valence-electron chi connectivity index (χ3n) is 4.21. The Morgan fingerprint density at radius 1 is 1.11 bits per heavy atom. The molecule has 0 radical (unpaired) electrons. The minimum atomic E-state index is -4.02. The average Bonchev–Trinajstić information content (AvgIpc) is 2.69. The fourth-order valence-electron chi connectivity index (χ4n) is 2.61. The molecule has 0 fully saturated rings. The van der Waals surface area contributed by atoms with Crippen molar-refractivity contribution < 1.29 is 17.9 Å². The van der Waals surface area contributed by atoms with Gasteiger partial charge in [0.1, 0.15) is 11.4 Å². The number of hydrogen-bond donors (Lipinski definition) is 0. The third-order valence-corrected chi connectivity index (χ3v) is 5.52. The maximum atomic E-state index is 13.0. The van der Waals surface area contributed by atoms with Gasteiger partial charge < -0.3 is 9.64 Å². The van der Waals surface area contributed by atoms with Crippen LogP contribution in [0, 0.1) is 0 Å². The van der Waals surface area contributed by atoms with E-state index in [4.69, 9.17) is 4.74 Å². The monoisotopic (exact) mass is 385 g/mol. The van der Waals surface area contributed by atoms with E-state index in [2.05, 4.69) is 4.40 Å². The van der Waals surface area contributed by atoms with Crippen LogP contribution in [0.15, 0.2) is 70.8 Å². The van der Waals surface area contributed by atoms with E-state index in [0.29, 0.717) is 17.0 Å². The highest BCUT2D eigenvalue weighted by Crippen LogP contribution is 2.24. The van der Waals surface area contributed by atoms with Gasteiger partial charge in [0.05, 0.1) is 12.8 Å². The minimum Gasteiger partial charge on any atom is -0.497 e. The topological polar surface area (TPSA) is 79.3 Å². The number of para-hydroxylation sites is 1. The van der Waals surface area contributed by atoms with Crippen LogP contribution in [0.3, 0.4) is 0 Å². The van der Waals surface area contributed by atoms with Crippen molar-refractivity contribution >= 4 is 27.5 Å². The first-order valence-corrected chi connectivity index (χ1v) is 9.51. The molecule has 2 aromatic carbocycles. The number of anilines is 1. The van der Waals surface area contributed by atoms with Gasteiger partial charge in [0.2, 0.25) is 0 Å². The van der Waals surface area contributed by atoms with Gasteiger partial charge in [0.15, 0.2) is 0 Å². The van der Waals surface area contributed by atoms with Crippen LogP contribution < -0.4 is 9.64 Å². The predicted octanol–water partition coefficient (Wildman–Crippen LogP) is 2.22. The number of ether oxygens (including phenoxy) is 1. The van der Waals surface area contributed by atoms with E-state index in [1.165, 1.54) is 25.1 Å². The molecule has 27 heavy (non-hydrogen) atoms. The van der Waals surface area contributed by atoms with Gasteiger partial charge in [-0.1, -0.05) is 30.3 Å². The largest absolute Gasteiger partial charge is 0.497 e. The lowest BCUT2D eigenvalue weighted by Crippen LogP contribution is -2.39. The average molecular weight is 385 g/mol. The molecule has 7 nitrogen and oxygen atoms in total. The van der Waals surface area contributed by atoms with Crippen LogP contribution in [0.4, 0.5) is 5.69 Å². The summed E-state index contributed by atoms with van der Waals surface area (Å²) in [6, 6.07) is 15.8. The van der Waals surface area contributed by atoms with Gasteiger partial charge in [0, 0.05) is 25.3 Å². The Bertz CT molecular complexity index is 1030. The van der Waals surface area contributed by atoms with Crippen LogP contribution in [0.25, 0.3) is 0 Å². The molecule has 140 valence electrons. The van der Waals surface area contributed by atoms with Gasteiger partial charge in [-0.25, -0.2) is 4.31 Å². The first-order chi connectivity index (χ1) is 12.8. The van der Waals surface area contributed by atoms with Crippen molar-refractivity contribution in [3.8, 4) is 5.75 Å². The van der Waals surface area contributed by atoms with Crippen molar-refractivity contribution in [2.75, 3.05) is 26.1 Å². The number of methoxy groups -OCH3 is 1. The zero-order valence-corrected chi connectivity index (χ0v) is 16.0. The summed E-state index contributed by atoms with van der Waals surface area (Å²) in [6.45, 7) is 0. The molecule has 0 saturated heterocycles. The lowest BCUT2D eigenvalue weighted by atomic mass is 10.1. The zero-order chi connectivity index (χ0) is 19.6. The number of amides is 1.